The minimum Gasteiger partial charge on any atom is -0.507 e. The van der Waals surface area contributed by atoms with Gasteiger partial charge in [0.25, 0.3) is 5.78 Å². The number of benzene rings is 4. The molecule has 1 fully saturated rings. The number of aliphatic hydroxyl groups is 1. The van der Waals surface area contributed by atoms with Crippen molar-refractivity contribution < 1.29 is 28.6 Å². The van der Waals surface area contributed by atoms with Crippen LogP contribution in [0.15, 0.2) is 107 Å². The fourth-order valence-corrected chi connectivity index (χ4v) is 7.40. The Morgan fingerprint density at radius 1 is 0.880 bits per heavy atom. The van der Waals surface area contributed by atoms with Crippen molar-refractivity contribution in [3.8, 4) is 11.5 Å². The summed E-state index contributed by atoms with van der Waals surface area (Å²) in [6, 6.07) is 27.3. The zero-order valence-electron chi connectivity index (χ0n) is 27.7. The lowest BCUT2D eigenvalue weighted by atomic mass is 9.95. The van der Waals surface area contributed by atoms with Gasteiger partial charge in [-0.15, -0.1) is 10.2 Å². The third-order valence-corrected chi connectivity index (χ3v) is 10.5. The first-order chi connectivity index (χ1) is 24.3. The molecule has 1 aromatic heterocycles. The number of aromatic nitrogens is 2. The summed E-state index contributed by atoms with van der Waals surface area (Å²) in [5.41, 5.74) is 3.55. The predicted octanol–water partition coefficient (Wildman–Crippen LogP) is 9.05. The molecular formula is C39H36FN3O5S2. The third-order valence-electron chi connectivity index (χ3n) is 8.35. The van der Waals surface area contributed by atoms with Crippen LogP contribution >= 0.6 is 23.1 Å². The van der Waals surface area contributed by atoms with Gasteiger partial charge in [0.2, 0.25) is 5.13 Å². The van der Waals surface area contributed by atoms with Gasteiger partial charge in [-0.05, 0) is 78.1 Å². The number of hydrogen-bond acceptors (Lipinski definition) is 9. The Kier molecular flexibility index (Phi) is 11.2. The highest BCUT2D eigenvalue weighted by molar-refractivity contribution is 8.00. The summed E-state index contributed by atoms with van der Waals surface area (Å²) >= 11 is 2.40. The molecule has 1 saturated heterocycles. The van der Waals surface area contributed by atoms with Gasteiger partial charge in [0.15, 0.2) is 4.34 Å². The van der Waals surface area contributed by atoms with E-state index in [-0.39, 0.29) is 22.3 Å². The number of thioether (sulfide) groups is 1. The Bertz CT molecular complexity index is 2000. The van der Waals surface area contributed by atoms with Crippen LogP contribution in [0.3, 0.4) is 0 Å². The van der Waals surface area contributed by atoms with Crippen molar-refractivity contribution in [2.24, 2.45) is 0 Å². The number of unbranched alkanes of at least 4 members (excludes halogenated alkanes) is 2. The van der Waals surface area contributed by atoms with Gasteiger partial charge in [0.1, 0.15) is 29.7 Å². The smallest absolute Gasteiger partial charge is 0.301 e. The number of nitrogens with zero attached hydrogens (tertiary/aromatic N) is 3. The zero-order chi connectivity index (χ0) is 35.0. The first-order valence-corrected chi connectivity index (χ1v) is 18.2. The summed E-state index contributed by atoms with van der Waals surface area (Å²) in [4.78, 5) is 28.7. The molecule has 256 valence electrons. The minimum atomic E-state index is -0.988. The summed E-state index contributed by atoms with van der Waals surface area (Å²) in [7, 11) is 0. The lowest BCUT2D eigenvalue weighted by Gasteiger charge is -2.22. The van der Waals surface area contributed by atoms with Crippen LogP contribution < -0.4 is 14.4 Å². The number of aryl methyl sites for hydroxylation is 1. The summed E-state index contributed by atoms with van der Waals surface area (Å²) < 4.78 is 26.6. The van der Waals surface area contributed by atoms with Crippen molar-refractivity contribution in [1.82, 2.24) is 10.2 Å². The van der Waals surface area contributed by atoms with Crippen LogP contribution in [-0.4, -0.2) is 33.6 Å². The Labute approximate surface area is 298 Å². The van der Waals surface area contributed by atoms with Gasteiger partial charge in [-0.2, -0.15) is 0 Å². The highest BCUT2D eigenvalue weighted by atomic mass is 32.2. The molecule has 0 spiro atoms. The molecule has 5 aromatic rings. The Hall–Kier alpha value is -5.00. The van der Waals surface area contributed by atoms with E-state index >= 15 is 0 Å². The molecule has 50 heavy (non-hydrogen) atoms. The maximum absolute atomic E-state index is 14.2. The zero-order valence-corrected chi connectivity index (χ0v) is 29.3. The molecule has 1 unspecified atom stereocenters. The van der Waals surface area contributed by atoms with E-state index in [1.807, 2.05) is 31.2 Å². The Morgan fingerprint density at radius 2 is 1.56 bits per heavy atom. The van der Waals surface area contributed by atoms with E-state index in [1.54, 1.807) is 66.7 Å². The van der Waals surface area contributed by atoms with Crippen LogP contribution in [0, 0.1) is 12.7 Å². The van der Waals surface area contributed by atoms with Gasteiger partial charge in [0, 0.05) is 11.3 Å². The van der Waals surface area contributed by atoms with Crippen molar-refractivity contribution in [2.75, 3.05) is 11.5 Å². The minimum absolute atomic E-state index is 0.0732. The summed E-state index contributed by atoms with van der Waals surface area (Å²) in [5, 5.41) is 20.3. The maximum Gasteiger partial charge on any atom is 0.301 e. The summed E-state index contributed by atoms with van der Waals surface area (Å²) in [6.45, 7) is 5.11. The monoisotopic (exact) mass is 709 g/mol. The highest BCUT2D eigenvalue weighted by Gasteiger charge is 2.48. The number of anilines is 1. The number of halogens is 1. The van der Waals surface area contributed by atoms with Crippen molar-refractivity contribution >= 4 is 45.7 Å². The number of amides is 1. The number of Topliss-reactive ketones (excluding diaryl/α,β-unsaturated/α-hetero) is 1. The second-order valence-corrected chi connectivity index (χ2v) is 13.9. The molecule has 1 aliphatic rings. The molecule has 0 aliphatic carbocycles. The van der Waals surface area contributed by atoms with E-state index in [1.165, 1.54) is 22.7 Å². The molecule has 0 radical (unpaired) electrons. The van der Waals surface area contributed by atoms with Gasteiger partial charge < -0.3 is 14.6 Å². The molecule has 0 bridgehead atoms. The number of hydrogen-bond donors (Lipinski definition) is 1. The van der Waals surface area contributed by atoms with Crippen LogP contribution in [0.5, 0.6) is 11.5 Å². The first kappa shape index (κ1) is 34.8. The van der Waals surface area contributed by atoms with Crippen LogP contribution in [0.2, 0.25) is 0 Å². The molecule has 0 saturated carbocycles. The molecule has 4 aromatic carbocycles. The van der Waals surface area contributed by atoms with Crippen molar-refractivity contribution in [3.63, 3.8) is 0 Å². The molecule has 6 rings (SSSR count). The van der Waals surface area contributed by atoms with E-state index < -0.39 is 17.7 Å². The normalized spacial score (nSPS) is 15.4. The van der Waals surface area contributed by atoms with Crippen molar-refractivity contribution in [1.29, 1.82) is 0 Å². The van der Waals surface area contributed by atoms with Crippen molar-refractivity contribution in [3.05, 3.63) is 136 Å². The highest BCUT2D eigenvalue weighted by Crippen LogP contribution is 2.44. The number of carbonyl (C=O) groups excluding carboxylic acids is 2. The average Bonchev–Trinajstić information content (AvgIpc) is 3.71. The van der Waals surface area contributed by atoms with Gasteiger partial charge in [-0.3, -0.25) is 14.5 Å². The molecule has 1 amide bonds. The van der Waals surface area contributed by atoms with Crippen molar-refractivity contribution in [2.45, 2.75) is 55.9 Å². The lowest BCUT2D eigenvalue weighted by molar-refractivity contribution is -0.132. The van der Waals surface area contributed by atoms with Gasteiger partial charge in [-0.1, -0.05) is 97.5 Å². The molecule has 1 N–H and O–H groups in total. The van der Waals surface area contributed by atoms with Crippen LogP contribution in [-0.2, 0) is 21.9 Å². The fraction of sp³-hybridized carbons (Fsp3) is 0.231. The predicted molar refractivity (Wildman–Crippen MR) is 194 cm³/mol. The molecule has 2 heterocycles. The van der Waals surface area contributed by atoms with Gasteiger partial charge in [-0.25, -0.2) is 4.39 Å². The molecule has 11 heteroatoms. The number of carbonyl (C=O) groups is 2. The number of ether oxygens (including phenoxy) is 2. The van der Waals surface area contributed by atoms with Gasteiger partial charge in [0.05, 0.1) is 18.2 Å². The molecular weight excluding hydrogens is 674 g/mol. The van der Waals surface area contributed by atoms with Crippen LogP contribution in [0.4, 0.5) is 9.52 Å². The first-order valence-electron chi connectivity index (χ1n) is 16.3. The quantitative estimate of drug-likeness (QED) is 0.0304. The van der Waals surface area contributed by atoms with E-state index in [2.05, 4.69) is 17.1 Å². The largest absolute Gasteiger partial charge is 0.507 e. The number of aliphatic hydroxyl groups excluding tert-OH is 1. The van der Waals surface area contributed by atoms with E-state index in [4.69, 9.17) is 9.47 Å². The lowest BCUT2D eigenvalue weighted by Crippen LogP contribution is -2.29. The standard InChI is InChI=1S/C39H36FN3O5S2/c1-3-4-9-22-47-30-18-14-26(15-19-30)34-33(35(44)27-16-20-31(21-17-27)48-23-28-11-6-5-10-25(28)2)36(45)37(46)43(34)38-41-42-39(50-38)49-24-29-12-7-8-13-32(29)40/h5-8,10-21,34,44H,3-4,9,22-24H2,1-2H3. The molecule has 1 atom stereocenters. The summed E-state index contributed by atoms with van der Waals surface area (Å²) in [5.74, 6) is -0.761. The Morgan fingerprint density at radius 3 is 2.28 bits per heavy atom. The van der Waals surface area contributed by atoms with Crippen LogP contribution in [0.1, 0.15) is 60.0 Å². The molecule has 8 nitrogen and oxygen atoms in total. The van der Waals surface area contributed by atoms with Gasteiger partial charge >= 0.3 is 5.91 Å². The topological polar surface area (TPSA) is 102 Å². The fourth-order valence-electron chi connectivity index (χ4n) is 5.54. The molecule has 1 aliphatic heterocycles. The SMILES string of the molecule is CCCCCOc1ccc(C2C(=C(O)c3ccc(OCc4ccccc4C)cc3)C(=O)C(=O)N2c2nnc(SCc3ccccc3F)s2)cc1. The number of rotatable bonds is 14. The maximum atomic E-state index is 14.2. The second kappa shape index (κ2) is 16.1. The number of ketones is 1. The second-order valence-electron chi connectivity index (χ2n) is 11.8. The van der Waals surface area contributed by atoms with E-state index in [0.717, 1.165) is 41.7 Å². The Balaban J connectivity index is 1.30. The van der Waals surface area contributed by atoms with Crippen LogP contribution in [0.25, 0.3) is 5.76 Å². The average molecular weight is 710 g/mol. The van der Waals surface area contributed by atoms with E-state index in [0.29, 0.717) is 51.5 Å². The third kappa shape index (κ3) is 7.90. The van der Waals surface area contributed by atoms with E-state index in [9.17, 15) is 19.1 Å². The summed E-state index contributed by atoms with van der Waals surface area (Å²) in [6.07, 6.45) is 3.08.